The first-order chi connectivity index (χ1) is 14.0. The third-order valence-corrected chi connectivity index (χ3v) is 3.84. The van der Waals surface area contributed by atoms with Gasteiger partial charge in [-0.25, -0.2) is 4.79 Å². The summed E-state index contributed by atoms with van der Waals surface area (Å²) >= 11 is 0. The highest BCUT2D eigenvalue weighted by Crippen LogP contribution is 2.17. The molecule has 0 atom stereocenters. The van der Waals surface area contributed by atoms with Crippen molar-refractivity contribution in [2.24, 2.45) is 0 Å². The first kappa shape index (κ1) is 19.9. The van der Waals surface area contributed by atoms with E-state index in [-0.39, 0.29) is 19.1 Å². The molecule has 2 aromatic carbocycles. The molecule has 0 bridgehead atoms. The number of hydrogen-bond acceptors (Lipinski definition) is 7. The Morgan fingerprint density at radius 1 is 1.07 bits per heavy atom. The van der Waals surface area contributed by atoms with Crippen LogP contribution in [0.3, 0.4) is 0 Å². The summed E-state index contributed by atoms with van der Waals surface area (Å²) in [5.74, 6) is 0.935. The maximum Gasteiger partial charge on any atom is 0.338 e. The second kappa shape index (κ2) is 9.41. The van der Waals surface area contributed by atoms with Crippen LogP contribution in [-0.2, 0) is 16.1 Å². The molecule has 8 heteroatoms. The zero-order chi connectivity index (χ0) is 20.6. The van der Waals surface area contributed by atoms with Gasteiger partial charge < -0.3 is 24.1 Å². The molecule has 0 radical (unpaired) electrons. The number of methoxy groups -OCH3 is 1. The number of esters is 1. The maximum atomic E-state index is 12.1. The molecule has 0 saturated carbocycles. The van der Waals surface area contributed by atoms with E-state index in [9.17, 15) is 9.59 Å². The van der Waals surface area contributed by atoms with Crippen LogP contribution in [0.2, 0.25) is 0 Å². The fourth-order valence-electron chi connectivity index (χ4n) is 2.44. The molecule has 1 heterocycles. The SMILES string of the molecule is COc1cccc(NC(=O)COc2ccc(C(=O)OCc3cc(C)on3)cc2)c1. The summed E-state index contributed by atoms with van der Waals surface area (Å²) in [4.78, 5) is 24.1. The van der Waals surface area contributed by atoms with E-state index in [0.29, 0.717) is 34.2 Å². The summed E-state index contributed by atoms with van der Waals surface area (Å²) in [6, 6.07) is 15.0. The van der Waals surface area contributed by atoms with Crippen molar-refractivity contribution in [3.8, 4) is 11.5 Å². The summed E-state index contributed by atoms with van der Waals surface area (Å²) in [5.41, 5.74) is 1.51. The van der Waals surface area contributed by atoms with Gasteiger partial charge in [0.2, 0.25) is 0 Å². The second-order valence-corrected chi connectivity index (χ2v) is 6.10. The average molecular weight is 396 g/mol. The van der Waals surface area contributed by atoms with E-state index >= 15 is 0 Å². The minimum Gasteiger partial charge on any atom is -0.497 e. The number of carbonyl (C=O) groups is 2. The minimum atomic E-state index is -0.493. The predicted octanol–water partition coefficient (Wildman–Crippen LogP) is 3.37. The standard InChI is InChI=1S/C21H20N2O6/c1-14-10-17(23-29-14)12-28-21(25)15-6-8-18(9-7-15)27-13-20(24)22-16-4-3-5-19(11-16)26-2/h3-11H,12-13H2,1-2H3,(H,22,24). The maximum absolute atomic E-state index is 12.1. The van der Waals surface area contributed by atoms with Crippen molar-refractivity contribution in [3.05, 3.63) is 71.6 Å². The van der Waals surface area contributed by atoms with Gasteiger partial charge in [0.25, 0.3) is 5.91 Å². The van der Waals surface area contributed by atoms with E-state index in [1.165, 1.54) is 0 Å². The van der Waals surface area contributed by atoms with Gasteiger partial charge in [0, 0.05) is 17.8 Å². The lowest BCUT2D eigenvalue weighted by atomic mass is 10.2. The quantitative estimate of drug-likeness (QED) is 0.583. The van der Waals surface area contributed by atoms with E-state index in [1.54, 1.807) is 68.6 Å². The lowest BCUT2D eigenvalue weighted by Gasteiger charge is -2.09. The zero-order valence-corrected chi connectivity index (χ0v) is 16.0. The van der Waals surface area contributed by atoms with Crippen LogP contribution >= 0.6 is 0 Å². The van der Waals surface area contributed by atoms with Crippen molar-refractivity contribution in [1.29, 1.82) is 0 Å². The fourth-order valence-corrected chi connectivity index (χ4v) is 2.44. The number of nitrogens with zero attached hydrogens (tertiary/aromatic N) is 1. The number of carbonyl (C=O) groups excluding carboxylic acids is 2. The van der Waals surface area contributed by atoms with Gasteiger partial charge in [-0.05, 0) is 43.3 Å². The Bertz CT molecular complexity index is 981. The summed E-state index contributed by atoms with van der Waals surface area (Å²) in [5, 5.41) is 6.48. The van der Waals surface area contributed by atoms with Crippen molar-refractivity contribution in [1.82, 2.24) is 5.16 Å². The Kier molecular flexibility index (Phi) is 6.47. The monoisotopic (exact) mass is 396 g/mol. The molecule has 0 aliphatic rings. The highest BCUT2D eigenvalue weighted by molar-refractivity contribution is 5.92. The van der Waals surface area contributed by atoms with E-state index in [2.05, 4.69) is 10.5 Å². The molecule has 8 nitrogen and oxygen atoms in total. The Morgan fingerprint density at radius 3 is 2.55 bits per heavy atom. The lowest BCUT2D eigenvalue weighted by Crippen LogP contribution is -2.20. The third kappa shape index (κ3) is 5.83. The first-order valence-corrected chi connectivity index (χ1v) is 8.79. The average Bonchev–Trinajstić information content (AvgIpc) is 3.16. The molecular formula is C21H20N2O6. The van der Waals surface area contributed by atoms with Crippen LogP contribution in [0.4, 0.5) is 5.69 Å². The van der Waals surface area contributed by atoms with Gasteiger partial charge in [0.15, 0.2) is 6.61 Å². The molecule has 0 aliphatic carbocycles. The highest BCUT2D eigenvalue weighted by Gasteiger charge is 2.10. The Balaban J connectivity index is 1.46. The van der Waals surface area contributed by atoms with Crippen molar-refractivity contribution in [2.75, 3.05) is 19.0 Å². The van der Waals surface area contributed by atoms with Gasteiger partial charge >= 0.3 is 5.97 Å². The molecular weight excluding hydrogens is 376 g/mol. The normalized spacial score (nSPS) is 10.3. The number of aryl methyl sites for hydroxylation is 1. The summed E-state index contributed by atoms with van der Waals surface area (Å²) in [6.45, 7) is 1.61. The van der Waals surface area contributed by atoms with Gasteiger partial charge in [-0.2, -0.15) is 0 Å². The molecule has 0 spiro atoms. The molecule has 29 heavy (non-hydrogen) atoms. The number of aromatic nitrogens is 1. The summed E-state index contributed by atoms with van der Waals surface area (Å²) < 4.78 is 20.6. The number of amides is 1. The third-order valence-electron chi connectivity index (χ3n) is 3.84. The molecule has 1 aromatic heterocycles. The summed E-state index contributed by atoms with van der Waals surface area (Å²) in [7, 11) is 1.55. The van der Waals surface area contributed by atoms with Gasteiger partial charge in [0.1, 0.15) is 29.6 Å². The minimum absolute atomic E-state index is 0.0267. The molecule has 0 saturated heterocycles. The van der Waals surface area contributed by atoms with E-state index < -0.39 is 5.97 Å². The van der Waals surface area contributed by atoms with Gasteiger partial charge in [-0.3, -0.25) is 4.79 Å². The van der Waals surface area contributed by atoms with Crippen LogP contribution in [0.25, 0.3) is 0 Å². The molecule has 0 fully saturated rings. The Labute approximate surface area is 167 Å². The molecule has 150 valence electrons. The highest BCUT2D eigenvalue weighted by atomic mass is 16.5. The molecule has 1 amide bonds. The van der Waals surface area contributed by atoms with Crippen LogP contribution in [0, 0.1) is 6.92 Å². The first-order valence-electron chi connectivity index (χ1n) is 8.79. The molecule has 0 aliphatic heterocycles. The molecule has 0 unspecified atom stereocenters. The smallest absolute Gasteiger partial charge is 0.338 e. The van der Waals surface area contributed by atoms with Gasteiger partial charge in [0.05, 0.1) is 12.7 Å². The van der Waals surface area contributed by atoms with E-state index in [1.807, 2.05) is 0 Å². The Hall–Kier alpha value is -3.81. The van der Waals surface area contributed by atoms with Crippen LogP contribution in [0.1, 0.15) is 21.8 Å². The number of hydrogen-bond donors (Lipinski definition) is 1. The van der Waals surface area contributed by atoms with Crippen LogP contribution < -0.4 is 14.8 Å². The second-order valence-electron chi connectivity index (χ2n) is 6.10. The van der Waals surface area contributed by atoms with Crippen molar-refractivity contribution < 1.29 is 28.3 Å². The van der Waals surface area contributed by atoms with Gasteiger partial charge in [-0.1, -0.05) is 11.2 Å². The van der Waals surface area contributed by atoms with E-state index in [0.717, 1.165) is 0 Å². The molecule has 3 rings (SSSR count). The van der Waals surface area contributed by atoms with Crippen LogP contribution in [-0.4, -0.2) is 30.7 Å². The topological polar surface area (TPSA) is 99.9 Å². The lowest BCUT2D eigenvalue weighted by molar-refractivity contribution is -0.118. The summed E-state index contributed by atoms with van der Waals surface area (Å²) in [6.07, 6.45) is 0. The number of benzene rings is 2. The van der Waals surface area contributed by atoms with Crippen molar-refractivity contribution in [3.63, 3.8) is 0 Å². The predicted molar refractivity (Wildman–Crippen MR) is 104 cm³/mol. The van der Waals surface area contributed by atoms with Crippen molar-refractivity contribution >= 4 is 17.6 Å². The number of rotatable bonds is 8. The van der Waals surface area contributed by atoms with Crippen molar-refractivity contribution in [2.45, 2.75) is 13.5 Å². The zero-order valence-electron chi connectivity index (χ0n) is 16.0. The van der Waals surface area contributed by atoms with Gasteiger partial charge in [-0.15, -0.1) is 0 Å². The largest absolute Gasteiger partial charge is 0.497 e. The van der Waals surface area contributed by atoms with Crippen LogP contribution in [0.5, 0.6) is 11.5 Å². The number of nitrogens with one attached hydrogen (secondary N) is 1. The number of ether oxygens (including phenoxy) is 3. The molecule has 1 N–H and O–H groups in total. The molecule has 3 aromatic rings. The van der Waals surface area contributed by atoms with Crippen LogP contribution in [0.15, 0.2) is 59.1 Å². The fraction of sp³-hybridized carbons (Fsp3) is 0.190. The Morgan fingerprint density at radius 2 is 1.86 bits per heavy atom. The number of anilines is 1. The van der Waals surface area contributed by atoms with E-state index in [4.69, 9.17) is 18.7 Å².